The molecule has 0 aliphatic heterocycles. The minimum Gasteiger partial charge on any atom is -0.348 e. The summed E-state index contributed by atoms with van der Waals surface area (Å²) < 4.78 is 26.1. The number of halogens is 1. The molecule has 15 heteroatoms. The molecule has 13 nitrogen and oxygen atoms in total. The van der Waals surface area contributed by atoms with Crippen molar-refractivity contribution in [3.05, 3.63) is 130 Å². The van der Waals surface area contributed by atoms with Gasteiger partial charge < -0.3 is 21.3 Å². The van der Waals surface area contributed by atoms with Gasteiger partial charge in [-0.1, -0.05) is 86.1 Å². The Morgan fingerprint density at radius 3 is 1.93 bits per heavy atom. The van der Waals surface area contributed by atoms with Crippen molar-refractivity contribution in [1.29, 1.82) is 0 Å². The minimum absolute atomic E-state index is 0.0531. The van der Waals surface area contributed by atoms with E-state index in [-0.39, 0.29) is 29.3 Å². The van der Waals surface area contributed by atoms with Gasteiger partial charge in [-0.25, -0.2) is 8.42 Å². The number of carbonyl (C=O) groups is 4. The van der Waals surface area contributed by atoms with Gasteiger partial charge >= 0.3 is 0 Å². The number of nitrogens with one attached hydrogen (secondary N) is 6. The maximum Gasteiger partial charge on any atom is 0.261 e. The number of anilines is 2. The zero-order valence-electron chi connectivity index (χ0n) is 32.3. The molecule has 4 rings (SSSR count). The molecule has 0 radical (unpaired) electrons. The Morgan fingerprint density at radius 1 is 0.732 bits per heavy atom. The van der Waals surface area contributed by atoms with Crippen LogP contribution in [0.3, 0.4) is 0 Å². The molecule has 0 heterocycles. The molecule has 0 aliphatic rings. The zero-order valence-corrected chi connectivity index (χ0v) is 33.9. The van der Waals surface area contributed by atoms with Gasteiger partial charge in [-0.15, -0.1) is 0 Å². The third-order valence-electron chi connectivity index (χ3n) is 9.07. The zero-order chi connectivity index (χ0) is 41.0. The van der Waals surface area contributed by atoms with Crippen LogP contribution in [0.25, 0.3) is 0 Å². The second-order valence-corrected chi connectivity index (χ2v) is 16.4. The molecule has 56 heavy (non-hydrogen) atoms. The monoisotopic (exact) mass is 803 g/mol. The molecule has 298 valence electrons. The summed E-state index contributed by atoms with van der Waals surface area (Å²) in [6.07, 6.45) is 1.40. The molecule has 0 saturated carbocycles. The quantitative estimate of drug-likeness (QED) is 0.0776. The highest BCUT2D eigenvalue weighted by molar-refractivity contribution is 7.92. The predicted molar refractivity (Wildman–Crippen MR) is 221 cm³/mol. The number of nitrogens with zero attached hydrogens (tertiary/aromatic N) is 1. The highest BCUT2D eigenvalue weighted by atomic mass is 35.5. The number of hydrogen-bond acceptors (Lipinski definition) is 8. The molecule has 0 aliphatic carbocycles. The lowest BCUT2D eigenvalue weighted by atomic mass is 10.0. The van der Waals surface area contributed by atoms with E-state index in [2.05, 4.69) is 32.1 Å². The first-order valence-corrected chi connectivity index (χ1v) is 20.4. The Hall–Kier alpha value is -5.44. The number of amides is 4. The van der Waals surface area contributed by atoms with Crippen molar-refractivity contribution in [3.63, 3.8) is 0 Å². The fourth-order valence-corrected chi connectivity index (χ4v) is 6.37. The highest BCUT2D eigenvalue weighted by Gasteiger charge is 2.27. The molecular formula is C41H50ClN7O6S. The number of para-hydroxylation sites is 1. The van der Waals surface area contributed by atoms with Gasteiger partial charge in [0.05, 0.1) is 29.7 Å². The molecule has 0 saturated heterocycles. The van der Waals surface area contributed by atoms with E-state index in [1.807, 2.05) is 68.4 Å². The molecule has 0 spiro atoms. The summed E-state index contributed by atoms with van der Waals surface area (Å²) in [7, 11) is -2.42. The number of carbonyl (C=O) groups excluding carboxylic acids is 4. The third-order valence-corrected chi connectivity index (χ3v) is 10.5. The van der Waals surface area contributed by atoms with Crippen LogP contribution in [-0.2, 0) is 26.0 Å². The Labute approximate surface area is 334 Å². The van der Waals surface area contributed by atoms with E-state index in [1.54, 1.807) is 44.2 Å². The van der Waals surface area contributed by atoms with Crippen molar-refractivity contribution >= 4 is 56.6 Å². The highest BCUT2D eigenvalue weighted by Crippen LogP contribution is 2.23. The Balaban J connectivity index is 1.51. The summed E-state index contributed by atoms with van der Waals surface area (Å²) in [5, 5.41) is 12.4. The normalized spacial score (nSPS) is 13.4. The van der Waals surface area contributed by atoms with E-state index in [0.717, 1.165) is 21.7 Å². The van der Waals surface area contributed by atoms with Crippen molar-refractivity contribution < 1.29 is 27.6 Å². The summed E-state index contributed by atoms with van der Waals surface area (Å²) >= 11 is 6.15. The van der Waals surface area contributed by atoms with E-state index < -0.39 is 57.8 Å². The van der Waals surface area contributed by atoms with E-state index in [4.69, 9.17) is 11.6 Å². The van der Waals surface area contributed by atoms with Gasteiger partial charge in [0.1, 0.15) is 6.04 Å². The lowest BCUT2D eigenvalue weighted by Gasteiger charge is -2.26. The minimum atomic E-state index is -3.76. The molecule has 4 aromatic carbocycles. The molecule has 4 atom stereocenters. The second-order valence-electron chi connectivity index (χ2n) is 13.9. The van der Waals surface area contributed by atoms with Gasteiger partial charge in [0.25, 0.3) is 17.7 Å². The maximum absolute atomic E-state index is 14.0. The smallest absolute Gasteiger partial charge is 0.261 e. The third kappa shape index (κ3) is 12.8. The van der Waals surface area contributed by atoms with E-state index in [0.29, 0.717) is 17.1 Å². The second kappa shape index (κ2) is 19.9. The van der Waals surface area contributed by atoms with Crippen LogP contribution in [0.15, 0.2) is 103 Å². The average Bonchev–Trinajstić information content (AvgIpc) is 3.17. The van der Waals surface area contributed by atoms with Gasteiger partial charge in [0, 0.05) is 35.8 Å². The standard InChI is InChI=1S/C41H50ClN7O6S/c1-26(2)37(41(53)48-47-34-18-11-8-12-19-34)46-38(50)28(4)43-25-35(20-29-14-9-7-10-15-29)45-40(52)32-21-31(23-36(24-32)49(5)56(6,54)55)39(51)44-27(3)30-16-13-17-33(42)22-30/h7-19,21-24,26-28,35,37,43,47H,20,25H2,1-6H3,(H,44,51)(H,45,52)(H,46,50)(H,48,53)/t27-,28+,35+,37+/m1/s1. The summed E-state index contributed by atoms with van der Waals surface area (Å²) in [4.78, 5) is 53.9. The number of hydrogen-bond donors (Lipinski definition) is 6. The van der Waals surface area contributed by atoms with Crippen LogP contribution in [0.4, 0.5) is 11.4 Å². The number of benzene rings is 4. The number of hydrazine groups is 1. The van der Waals surface area contributed by atoms with E-state index in [1.165, 1.54) is 25.2 Å². The maximum atomic E-state index is 14.0. The molecule has 6 N–H and O–H groups in total. The molecule has 0 unspecified atom stereocenters. The molecule has 0 fully saturated rings. The summed E-state index contributed by atoms with van der Waals surface area (Å²) in [5.74, 6) is -2.13. The van der Waals surface area contributed by atoms with Crippen LogP contribution in [0.2, 0.25) is 5.02 Å². The van der Waals surface area contributed by atoms with Crippen molar-refractivity contribution in [3.8, 4) is 0 Å². The van der Waals surface area contributed by atoms with Gasteiger partial charge in [-0.05, 0) is 79.8 Å². The van der Waals surface area contributed by atoms with Crippen LogP contribution in [0, 0.1) is 5.92 Å². The lowest BCUT2D eigenvalue weighted by Crippen LogP contribution is -2.56. The van der Waals surface area contributed by atoms with Crippen molar-refractivity contribution in [2.24, 2.45) is 5.92 Å². The molecule has 4 aromatic rings. The van der Waals surface area contributed by atoms with E-state index in [9.17, 15) is 27.6 Å². The van der Waals surface area contributed by atoms with Crippen molar-refractivity contribution in [2.45, 2.75) is 58.3 Å². The van der Waals surface area contributed by atoms with Gasteiger partial charge in [0.15, 0.2) is 0 Å². The first-order chi connectivity index (χ1) is 26.5. The van der Waals surface area contributed by atoms with Crippen LogP contribution >= 0.6 is 11.6 Å². The fraction of sp³-hybridized carbons (Fsp3) is 0.317. The van der Waals surface area contributed by atoms with Crippen LogP contribution < -0.4 is 36.4 Å². The first kappa shape index (κ1) is 43.3. The van der Waals surface area contributed by atoms with Gasteiger partial charge in [0.2, 0.25) is 15.9 Å². The topological polar surface area (TPSA) is 178 Å². The lowest BCUT2D eigenvalue weighted by molar-refractivity contribution is -0.130. The van der Waals surface area contributed by atoms with Crippen molar-refractivity contribution in [1.82, 2.24) is 26.7 Å². The molecular weight excluding hydrogens is 754 g/mol. The Morgan fingerprint density at radius 2 is 1.34 bits per heavy atom. The molecule has 0 aromatic heterocycles. The van der Waals surface area contributed by atoms with Crippen LogP contribution in [0.5, 0.6) is 0 Å². The van der Waals surface area contributed by atoms with Crippen molar-refractivity contribution in [2.75, 3.05) is 29.6 Å². The first-order valence-electron chi connectivity index (χ1n) is 18.2. The number of rotatable bonds is 18. The summed E-state index contributed by atoms with van der Waals surface area (Å²) in [5.41, 5.74) is 8.11. The Kier molecular flexibility index (Phi) is 15.4. The van der Waals surface area contributed by atoms with Crippen LogP contribution in [0.1, 0.15) is 65.6 Å². The van der Waals surface area contributed by atoms with E-state index >= 15 is 0 Å². The number of sulfonamides is 1. The summed E-state index contributed by atoms with van der Waals surface area (Å²) in [6, 6.07) is 27.2. The fourth-order valence-electron chi connectivity index (χ4n) is 5.69. The van der Waals surface area contributed by atoms with Gasteiger partial charge in [-0.3, -0.25) is 34.3 Å². The SMILES string of the molecule is CC(C)[C@H](NC(=O)[C@H](C)NC[C@H](Cc1ccccc1)NC(=O)c1cc(C(=O)N[C@H](C)c2cccc(Cl)c2)cc(N(C)S(C)(=O)=O)c1)C(=O)NNc1ccccc1. The summed E-state index contributed by atoms with van der Waals surface area (Å²) in [6.45, 7) is 7.25. The Bertz CT molecular complexity index is 2090. The largest absolute Gasteiger partial charge is 0.348 e. The molecule has 0 bridgehead atoms. The molecule has 4 amide bonds. The average molecular weight is 804 g/mol. The predicted octanol–water partition coefficient (Wildman–Crippen LogP) is 4.83. The van der Waals surface area contributed by atoms with Crippen LogP contribution in [-0.4, -0.2) is 70.0 Å². The van der Waals surface area contributed by atoms with Gasteiger partial charge in [-0.2, -0.15) is 0 Å².